The van der Waals surface area contributed by atoms with Gasteiger partial charge in [0.2, 0.25) is 0 Å². The van der Waals surface area contributed by atoms with Gasteiger partial charge in [-0.15, -0.1) is 0 Å². The van der Waals surface area contributed by atoms with E-state index in [1.165, 1.54) is 0 Å². The number of carboxylic acid groups (broad SMARTS) is 2. The number of unbranched alkanes of at least 4 members (excludes halogenated alkanes) is 2. The van der Waals surface area contributed by atoms with Gasteiger partial charge in [-0.3, -0.25) is 9.59 Å². The Morgan fingerprint density at radius 2 is 1.52 bits per heavy atom. The predicted molar refractivity (Wildman–Crippen MR) is 99.6 cm³/mol. The number of nitrogens with one attached hydrogen (secondary N) is 1. The summed E-state index contributed by atoms with van der Waals surface area (Å²) in [5.41, 5.74) is -1.30. The van der Waals surface area contributed by atoms with Gasteiger partial charge in [0.05, 0.1) is 5.41 Å². The fraction of sp³-hybridized carbons (Fsp3) is 0.900. The maximum absolute atomic E-state index is 12.4. The second-order valence-corrected chi connectivity index (χ2v) is 9.00. The molecule has 1 heterocycles. The van der Waals surface area contributed by atoms with Gasteiger partial charge in [-0.05, 0) is 62.4 Å². The molecule has 0 aromatic rings. The highest BCUT2D eigenvalue weighted by atomic mass is 16.4. The highest BCUT2D eigenvalue weighted by molar-refractivity contribution is 5.76. The van der Waals surface area contributed by atoms with Crippen LogP contribution in [0.4, 0.5) is 0 Å². The van der Waals surface area contributed by atoms with Crippen LogP contribution in [-0.4, -0.2) is 35.2 Å². The highest BCUT2D eigenvalue weighted by Crippen LogP contribution is 2.58. The van der Waals surface area contributed by atoms with E-state index in [-0.39, 0.29) is 23.2 Å². The van der Waals surface area contributed by atoms with Gasteiger partial charge in [-0.2, -0.15) is 0 Å². The van der Waals surface area contributed by atoms with Crippen LogP contribution >= 0.6 is 0 Å². The van der Waals surface area contributed by atoms with Crippen molar-refractivity contribution in [1.82, 2.24) is 5.32 Å². The number of hydrogen-bond acceptors (Lipinski definition) is 3. The lowest BCUT2D eigenvalue weighted by molar-refractivity contribution is -0.173. The first-order chi connectivity index (χ1) is 11.5. The molecule has 146 valence electrons. The van der Waals surface area contributed by atoms with Crippen molar-refractivity contribution in [2.45, 2.75) is 79.6 Å². The fourth-order valence-corrected chi connectivity index (χ4v) is 4.39. The second-order valence-electron chi connectivity index (χ2n) is 9.00. The summed E-state index contributed by atoms with van der Waals surface area (Å²) in [5, 5.41) is 22.2. The lowest BCUT2D eigenvalue weighted by atomic mass is 9.48. The molecule has 0 aromatic carbocycles. The first kappa shape index (κ1) is 21.9. The van der Waals surface area contributed by atoms with E-state index in [0.717, 1.165) is 45.2 Å². The van der Waals surface area contributed by atoms with Crippen molar-refractivity contribution < 1.29 is 19.8 Å². The molecule has 1 atom stereocenters. The van der Waals surface area contributed by atoms with Crippen LogP contribution in [0.3, 0.4) is 0 Å². The highest BCUT2D eigenvalue weighted by Gasteiger charge is 2.58. The van der Waals surface area contributed by atoms with Gasteiger partial charge in [0.25, 0.3) is 0 Å². The maximum atomic E-state index is 12.4. The lowest BCUT2D eigenvalue weighted by Gasteiger charge is -2.55. The first-order valence-corrected chi connectivity index (χ1v) is 9.62. The van der Waals surface area contributed by atoms with Gasteiger partial charge in [0, 0.05) is 6.42 Å². The normalized spacial score (nSPS) is 19.4. The third-order valence-electron chi connectivity index (χ3n) is 7.28. The van der Waals surface area contributed by atoms with Gasteiger partial charge in [0.15, 0.2) is 0 Å². The van der Waals surface area contributed by atoms with E-state index < -0.39 is 17.4 Å². The Balaban J connectivity index is 2.87. The molecule has 1 unspecified atom stereocenters. The summed E-state index contributed by atoms with van der Waals surface area (Å²) < 4.78 is 0. The van der Waals surface area contributed by atoms with E-state index in [1.54, 1.807) is 0 Å². The zero-order chi connectivity index (χ0) is 19.3. The van der Waals surface area contributed by atoms with E-state index in [2.05, 4.69) is 33.0 Å². The van der Waals surface area contributed by atoms with Crippen LogP contribution in [0.2, 0.25) is 0 Å². The monoisotopic (exact) mass is 355 g/mol. The number of piperidine rings is 1. The maximum Gasteiger partial charge on any atom is 0.310 e. The molecule has 1 rings (SSSR count). The average Bonchev–Trinajstić information content (AvgIpc) is 2.53. The van der Waals surface area contributed by atoms with Gasteiger partial charge < -0.3 is 15.5 Å². The minimum atomic E-state index is -0.778. The third kappa shape index (κ3) is 4.75. The van der Waals surface area contributed by atoms with Gasteiger partial charge >= 0.3 is 11.9 Å². The molecule has 5 heteroatoms. The Morgan fingerprint density at radius 3 is 2.00 bits per heavy atom. The van der Waals surface area contributed by atoms with Crippen LogP contribution in [-0.2, 0) is 9.59 Å². The summed E-state index contributed by atoms with van der Waals surface area (Å²) in [5.74, 6) is -1.26. The molecule has 1 aliphatic rings. The van der Waals surface area contributed by atoms with E-state index in [9.17, 15) is 14.7 Å². The molecule has 0 spiro atoms. The molecule has 0 aromatic heterocycles. The van der Waals surface area contributed by atoms with E-state index in [4.69, 9.17) is 5.11 Å². The van der Waals surface area contributed by atoms with Gasteiger partial charge in [-0.25, -0.2) is 0 Å². The number of rotatable bonds is 10. The van der Waals surface area contributed by atoms with Crippen LogP contribution in [0.25, 0.3) is 0 Å². The smallest absolute Gasteiger partial charge is 0.310 e. The van der Waals surface area contributed by atoms with Crippen LogP contribution in [0, 0.1) is 22.2 Å². The Morgan fingerprint density at radius 1 is 0.960 bits per heavy atom. The Labute approximate surface area is 152 Å². The van der Waals surface area contributed by atoms with Crippen molar-refractivity contribution in [3.63, 3.8) is 0 Å². The second kappa shape index (κ2) is 8.52. The van der Waals surface area contributed by atoms with Crippen molar-refractivity contribution in [2.75, 3.05) is 13.1 Å². The first-order valence-electron chi connectivity index (χ1n) is 9.62. The van der Waals surface area contributed by atoms with Crippen LogP contribution < -0.4 is 5.32 Å². The van der Waals surface area contributed by atoms with Crippen molar-refractivity contribution in [3.8, 4) is 0 Å². The summed E-state index contributed by atoms with van der Waals surface area (Å²) in [7, 11) is 0. The number of carbonyl (C=O) groups is 2. The molecule has 0 saturated carbocycles. The standard InChI is InChI=1S/C20H37NO4/c1-18(2,12-8-6-7-9-16(22)23)19(3,4)20(5,17(24)25)15-10-13-21-14-11-15/h15,21H,6-14H2,1-5H3,(H,22,23)(H,24,25). The summed E-state index contributed by atoms with van der Waals surface area (Å²) in [6, 6.07) is 0. The SMILES string of the molecule is CC(C)(CCCCCC(=O)O)C(C)(C)C(C)(C(=O)O)C1CCNCC1. The molecule has 25 heavy (non-hydrogen) atoms. The van der Waals surface area contributed by atoms with Crippen LogP contribution in [0.1, 0.15) is 79.6 Å². The minimum absolute atomic E-state index is 0.145. The summed E-state index contributed by atoms with van der Waals surface area (Å²) in [4.78, 5) is 23.0. The summed E-state index contributed by atoms with van der Waals surface area (Å²) >= 11 is 0. The zero-order valence-corrected chi connectivity index (χ0v) is 16.7. The van der Waals surface area contributed by atoms with Gasteiger partial charge in [-0.1, -0.05) is 40.5 Å². The van der Waals surface area contributed by atoms with Crippen molar-refractivity contribution in [3.05, 3.63) is 0 Å². The molecule has 0 bridgehead atoms. The molecule has 3 N–H and O–H groups in total. The molecule has 0 aliphatic carbocycles. The molecule has 1 saturated heterocycles. The number of hydrogen-bond donors (Lipinski definition) is 3. The summed E-state index contributed by atoms with van der Waals surface area (Å²) in [6.45, 7) is 12.3. The predicted octanol–water partition coefficient (Wildman–Crippen LogP) is 4.16. The van der Waals surface area contributed by atoms with Gasteiger partial charge in [0.1, 0.15) is 0 Å². The van der Waals surface area contributed by atoms with Crippen molar-refractivity contribution >= 4 is 11.9 Å². The van der Waals surface area contributed by atoms with Crippen molar-refractivity contribution in [1.29, 1.82) is 0 Å². The van der Waals surface area contributed by atoms with E-state index in [1.807, 2.05) is 6.92 Å². The molecule has 1 aliphatic heterocycles. The topological polar surface area (TPSA) is 86.6 Å². The Bertz CT molecular complexity index is 466. The number of aliphatic carboxylic acids is 2. The fourth-order valence-electron chi connectivity index (χ4n) is 4.39. The quantitative estimate of drug-likeness (QED) is 0.512. The zero-order valence-electron chi connectivity index (χ0n) is 16.7. The number of carboxylic acids is 2. The molecular formula is C20H37NO4. The molecular weight excluding hydrogens is 318 g/mol. The molecule has 0 amide bonds. The summed E-state index contributed by atoms with van der Waals surface area (Å²) in [6.07, 6.45) is 5.44. The Kier molecular flexibility index (Phi) is 7.48. The van der Waals surface area contributed by atoms with Crippen LogP contribution in [0.5, 0.6) is 0 Å². The van der Waals surface area contributed by atoms with Crippen LogP contribution in [0.15, 0.2) is 0 Å². The average molecular weight is 356 g/mol. The van der Waals surface area contributed by atoms with E-state index >= 15 is 0 Å². The third-order valence-corrected chi connectivity index (χ3v) is 7.28. The largest absolute Gasteiger partial charge is 0.481 e. The lowest BCUT2D eigenvalue weighted by Crippen LogP contribution is -2.56. The molecule has 0 radical (unpaired) electrons. The molecule has 5 nitrogen and oxygen atoms in total. The Hall–Kier alpha value is -1.10. The molecule has 1 fully saturated rings. The minimum Gasteiger partial charge on any atom is -0.481 e. The van der Waals surface area contributed by atoms with E-state index in [0.29, 0.717) is 6.42 Å². The van der Waals surface area contributed by atoms with Crippen molar-refractivity contribution in [2.24, 2.45) is 22.2 Å².